The Morgan fingerprint density at radius 1 is 0.321 bits per heavy atom. The Morgan fingerprint density at radius 3 is 1.70 bits per heavy atom. The zero-order valence-corrected chi connectivity index (χ0v) is 31.5. The largest absolute Gasteiger partial charge is 0.310 e. The van der Waals surface area contributed by atoms with Gasteiger partial charge in [0.05, 0.1) is 5.69 Å². The summed E-state index contributed by atoms with van der Waals surface area (Å²) in [6, 6.07) is 74.0. The van der Waals surface area contributed by atoms with Crippen LogP contribution in [0.5, 0.6) is 0 Å². The van der Waals surface area contributed by atoms with Crippen LogP contribution in [0.4, 0.5) is 17.1 Å². The summed E-state index contributed by atoms with van der Waals surface area (Å²) in [5, 5.41) is 10.1. The molecule has 0 aromatic heterocycles. The van der Waals surface area contributed by atoms with Crippen molar-refractivity contribution in [3.63, 3.8) is 0 Å². The van der Waals surface area contributed by atoms with E-state index in [0.717, 1.165) is 17.1 Å². The Kier molecular flexibility index (Phi) is 7.28. The van der Waals surface area contributed by atoms with Gasteiger partial charge in [0.25, 0.3) is 0 Å². The molecule has 0 aliphatic heterocycles. The Morgan fingerprint density at radius 2 is 0.893 bits per heavy atom. The molecular formula is C55H39N. The zero-order chi connectivity index (χ0) is 37.4. The van der Waals surface area contributed by atoms with E-state index in [-0.39, 0.29) is 5.41 Å². The van der Waals surface area contributed by atoms with Crippen molar-refractivity contribution in [2.75, 3.05) is 4.90 Å². The summed E-state index contributed by atoms with van der Waals surface area (Å²) in [5.41, 5.74) is 13.5. The van der Waals surface area contributed by atoms with Crippen LogP contribution < -0.4 is 4.90 Å². The van der Waals surface area contributed by atoms with Gasteiger partial charge >= 0.3 is 0 Å². The van der Waals surface area contributed by atoms with Crippen LogP contribution in [0.25, 0.3) is 76.5 Å². The minimum absolute atomic E-state index is 0.212. The summed E-state index contributed by atoms with van der Waals surface area (Å²) >= 11 is 0. The standard InChI is InChI=1S/C55H39N/c1-55(2)52-34-41(51-33-40-18-8-9-19-45(40)47-21-10-11-22-48(47)51)25-28-49(52)50-29-27-44(35-53(50)55)56(54-23-13-12-20-46(54)36-14-4-3-5-15-36)43-26-24-39-30-37-16-6-7-17-38(37)31-42(39)32-43/h3-35H,1-2H3. The normalized spacial score (nSPS) is 13.0. The average Bonchev–Trinajstić information content (AvgIpc) is 3.48. The van der Waals surface area contributed by atoms with E-state index in [1.54, 1.807) is 0 Å². The van der Waals surface area contributed by atoms with Crippen LogP contribution in [0, 0.1) is 0 Å². The fraction of sp³-hybridized carbons (Fsp3) is 0.0545. The number of para-hydroxylation sites is 1. The van der Waals surface area contributed by atoms with E-state index < -0.39 is 0 Å². The third-order valence-electron chi connectivity index (χ3n) is 12.2. The van der Waals surface area contributed by atoms with Gasteiger partial charge in [-0.3, -0.25) is 0 Å². The maximum absolute atomic E-state index is 2.46. The van der Waals surface area contributed by atoms with Gasteiger partial charge in [0.1, 0.15) is 0 Å². The van der Waals surface area contributed by atoms with E-state index in [2.05, 4.69) is 219 Å². The van der Waals surface area contributed by atoms with E-state index in [1.807, 2.05) is 0 Å². The van der Waals surface area contributed by atoms with Crippen molar-refractivity contribution >= 4 is 60.2 Å². The predicted molar refractivity (Wildman–Crippen MR) is 240 cm³/mol. The molecule has 10 aromatic rings. The molecule has 10 aromatic carbocycles. The van der Waals surface area contributed by atoms with Crippen molar-refractivity contribution in [2.45, 2.75) is 19.3 Å². The van der Waals surface area contributed by atoms with E-state index in [0.29, 0.717) is 0 Å². The molecule has 0 fully saturated rings. The third kappa shape index (κ3) is 5.08. The molecule has 0 radical (unpaired) electrons. The Bertz CT molecular complexity index is 3170. The summed E-state index contributed by atoms with van der Waals surface area (Å²) in [4.78, 5) is 2.46. The summed E-state index contributed by atoms with van der Waals surface area (Å²) in [6.07, 6.45) is 0. The van der Waals surface area contributed by atoms with Crippen LogP contribution in [0.15, 0.2) is 200 Å². The minimum atomic E-state index is -0.212. The second kappa shape index (κ2) is 12.5. The van der Waals surface area contributed by atoms with Gasteiger partial charge in [-0.1, -0.05) is 159 Å². The second-order valence-corrected chi connectivity index (χ2v) is 15.8. The predicted octanol–water partition coefficient (Wildman–Crippen LogP) is 15.4. The van der Waals surface area contributed by atoms with Gasteiger partial charge in [0.2, 0.25) is 0 Å². The Hall–Kier alpha value is -6.96. The SMILES string of the molecule is CC1(C)c2cc(-c3cc4ccccc4c4ccccc34)ccc2-c2ccc(N(c3ccc4cc5ccccc5cc4c3)c3ccccc3-c3ccccc3)cc21. The number of hydrogen-bond donors (Lipinski definition) is 0. The smallest absolute Gasteiger partial charge is 0.0540 e. The van der Waals surface area contributed by atoms with Gasteiger partial charge in [-0.2, -0.15) is 0 Å². The van der Waals surface area contributed by atoms with Crippen molar-refractivity contribution in [3.8, 4) is 33.4 Å². The maximum Gasteiger partial charge on any atom is 0.0540 e. The lowest BCUT2D eigenvalue weighted by Crippen LogP contribution is -2.17. The fourth-order valence-corrected chi connectivity index (χ4v) is 9.35. The highest BCUT2D eigenvalue weighted by Gasteiger charge is 2.36. The second-order valence-electron chi connectivity index (χ2n) is 15.8. The molecule has 0 saturated carbocycles. The molecule has 0 saturated heterocycles. The van der Waals surface area contributed by atoms with E-state index >= 15 is 0 Å². The highest BCUT2D eigenvalue weighted by molar-refractivity contribution is 6.14. The number of hydrogen-bond acceptors (Lipinski definition) is 1. The molecule has 264 valence electrons. The zero-order valence-electron chi connectivity index (χ0n) is 31.5. The van der Waals surface area contributed by atoms with Crippen molar-refractivity contribution in [2.24, 2.45) is 0 Å². The molecule has 1 nitrogen and oxygen atoms in total. The van der Waals surface area contributed by atoms with Crippen molar-refractivity contribution in [1.82, 2.24) is 0 Å². The number of nitrogens with zero attached hydrogens (tertiary/aromatic N) is 1. The molecule has 0 unspecified atom stereocenters. The molecule has 0 N–H and O–H groups in total. The highest BCUT2D eigenvalue weighted by Crippen LogP contribution is 2.52. The van der Waals surface area contributed by atoms with Gasteiger partial charge < -0.3 is 4.90 Å². The molecule has 11 rings (SSSR count). The molecule has 1 heteroatoms. The van der Waals surface area contributed by atoms with Gasteiger partial charge in [-0.05, 0) is 137 Å². The molecule has 0 atom stereocenters. The minimum Gasteiger partial charge on any atom is -0.310 e. The monoisotopic (exact) mass is 713 g/mol. The molecule has 1 aliphatic rings. The number of rotatable bonds is 5. The first-order valence-corrected chi connectivity index (χ1v) is 19.6. The van der Waals surface area contributed by atoms with Gasteiger partial charge in [-0.15, -0.1) is 0 Å². The van der Waals surface area contributed by atoms with E-state index in [9.17, 15) is 0 Å². The van der Waals surface area contributed by atoms with Gasteiger partial charge in [-0.25, -0.2) is 0 Å². The summed E-state index contributed by atoms with van der Waals surface area (Å²) < 4.78 is 0. The van der Waals surface area contributed by atoms with Gasteiger partial charge in [0.15, 0.2) is 0 Å². The van der Waals surface area contributed by atoms with Gasteiger partial charge in [0, 0.05) is 22.4 Å². The fourth-order valence-electron chi connectivity index (χ4n) is 9.35. The summed E-state index contributed by atoms with van der Waals surface area (Å²) in [6.45, 7) is 4.79. The Balaban J connectivity index is 1.08. The molecule has 0 amide bonds. The number of benzene rings is 10. The van der Waals surface area contributed by atoms with E-state index in [4.69, 9.17) is 0 Å². The lowest BCUT2D eigenvalue weighted by atomic mass is 9.81. The van der Waals surface area contributed by atoms with Crippen LogP contribution in [0.1, 0.15) is 25.0 Å². The third-order valence-corrected chi connectivity index (χ3v) is 12.2. The van der Waals surface area contributed by atoms with Crippen LogP contribution in [0.3, 0.4) is 0 Å². The lowest BCUT2D eigenvalue weighted by Gasteiger charge is -2.30. The Labute approximate surface area is 327 Å². The molecule has 0 bridgehead atoms. The topological polar surface area (TPSA) is 3.24 Å². The molecular weight excluding hydrogens is 675 g/mol. The first kappa shape index (κ1) is 32.5. The number of anilines is 3. The summed E-state index contributed by atoms with van der Waals surface area (Å²) in [5.74, 6) is 0. The van der Waals surface area contributed by atoms with Crippen molar-refractivity contribution in [1.29, 1.82) is 0 Å². The van der Waals surface area contributed by atoms with Crippen LogP contribution in [0.2, 0.25) is 0 Å². The quantitative estimate of drug-likeness (QED) is 0.127. The molecule has 0 heterocycles. The molecule has 1 aliphatic carbocycles. The first-order valence-electron chi connectivity index (χ1n) is 19.6. The van der Waals surface area contributed by atoms with Crippen molar-refractivity contribution < 1.29 is 0 Å². The lowest BCUT2D eigenvalue weighted by molar-refractivity contribution is 0.660. The first-order chi connectivity index (χ1) is 27.5. The molecule has 0 spiro atoms. The number of fused-ring (bicyclic) bond motifs is 8. The van der Waals surface area contributed by atoms with Crippen LogP contribution in [-0.4, -0.2) is 0 Å². The maximum atomic E-state index is 2.46. The van der Waals surface area contributed by atoms with Crippen LogP contribution in [-0.2, 0) is 5.41 Å². The molecule has 56 heavy (non-hydrogen) atoms. The summed E-state index contributed by atoms with van der Waals surface area (Å²) in [7, 11) is 0. The van der Waals surface area contributed by atoms with E-state index in [1.165, 1.54) is 87.6 Å². The van der Waals surface area contributed by atoms with Crippen molar-refractivity contribution in [3.05, 3.63) is 211 Å². The highest BCUT2D eigenvalue weighted by atomic mass is 15.1. The van der Waals surface area contributed by atoms with Crippen LogP contribution >= 0.6 is 0 Å². The average molecular weight is 714 g/mol.